The number of benzene rings is 2. The van der Waals surface area contributed by atoms with Gasteiger partial charge in [-0.05, 0) is 47.6 Å². The van der Waals surface area contributed by atoms with Crippen molar-refractivity contribution in [1.82, 2.24) is 0 Å². The van der Waals surface area contributed by atoms with Gasteiger partial charge in [0.15, 0.2) is 0 Å². The lowest BCUT2D eigenvalue weighted by atomic mass is 9.91. The van der Waals surface area contributed by atoms with Crippen molar-refractivity contribution >= 4 is 10.8 Å². The van der Waals surface area contributed by atoms with Gasteiger partial charge < -0.3 is 0 Å². The van der Waals surface area contributed by atoms with Gasteiger partial charge in [0.25, 0.3) is 0 Å². The van der Waals surface area contributed by atoms with Crippen LogP contribution in [0.5, 0.6) is 0 Å². The molecule has 0 saturated carbocycles. The van der Waals surface area contributed by atoms with Crippen LogP contribution >= 0.6 is 0 Å². The summed E-state index contributed by atoms with van der Waals surface area (Å²) in [6.45, 7) is 4.62. The van der Waals surface area contributed by atoms with Gasteiger partial charge in [0, 0.05) is 0 Å². The molecule has 0 nitrogen and oxygen atoms in total. The van der Waals surface area contributed by atoms with Gasteiger partial charge >= 0.3 is 0 Å². The molecule has 0 fully saturated rings. The van der Waals surface area contributed by atoms with Crippen molar-refractivity contribution < 1.29 is 0 Å². The largest absolute Gasteiger partial charge is 0.0654 e. The molecular weight excluding hydrogens is 504 g/mol. The van der Waals surface area contributed by atoms with Crippen molar-refractivity contribution in [2.24, 2.45) is 0 Å². The highest BCUT2D eigenvalue weighted by Gasteiger charge is 2.08. The lowest BCUT2D eigenvalue weighted by Crippen LogP contribution is -1.97. The van der Waals surface area contributed by atoms with E-state index in [4.69, 9.17) is 0 Å². The van der Waals surface area contributed by atoms with E-state index in [0.717, 1.165) is 0 Å². The highest BCUT2D eigenvalue weighted by Crippen LogP contribution is 2.26. The van der Waals surface area contributed by atoms with E-state index in [-0.39, 0.29) is 0 Å². The third-order valence-corrected chi connectivity index (χ3v) is 9.72. The highest BCUT2D eigenvalue weighted by atomic mass is 14.1. The molecule has 0 radical (unpaired) electrons. The summed E-state index contributed by atoms with van der Waals surface area (Å²) in [5.41, 5.74) is 3.31. The van der Waals surface area contributed by atoms with Crippen LogP contribution in [-0.4, -0.2) is 0 Å². The quantitative estimate of drug-likeness (QED) is 0.0811. The zero-order valence-electron chi connectivity index (χ0n) is 28.7. The fraction of sp³-hybridized carbons (Fsp3) is 0.762. The summed E-state index contributed by atoms with van der Waals surface area (Å²) in [5.74, 6) is 0. The number of fused-ring (bicyclic) bond motifs is 1. The standard InChI is InChI=1S/C42H72/c1-3-5-7-9-11-13-15-17-19-21-23-25-27-29-33-39-37-38-40-34-31-32-36-42(40)41(39)35-30-28-26-24-22-20-18-16-14-12-10-8-6-4-2/h31-32,34,36-38H,3-30,33,35H2,1-2H3. The minimum Gasteiger partial charge on any atom is -0.0654 e. The molecule has 0 aliphatic rings. The van der Waals surface area contributed by atoms with Crippen LogP contribution in [0.3, 0.4) is 0 Å². The number of rotatable bonds is 30. The summed E-state index contributed by atoms with van der Waals surface area (Å²) in [6, 6.07) is 14.0. The van der Waals surface area contributed by atoms with Gasteiger partial charge in [0.1, 0.15) is 0 Å². The number of unbranched alkanes of at least 4 members (excludes halogenated alkanes) is 26. The van der Waals surface area contributed by atoms with Crippen molar-refractivity contribution in [3.8, 4) is 0 Å². The lowest BCUT2D eigenvalue weighted by molar-refractivity contribution is 0.534. The summed E-state index contributed by atoms with van der Waals surface area (Å²) in [6.07, 6.45) is 42.8. The van der Waals surface area contributed by atoms with Crippen LogP contribution in [0.2, 0.25) is 0 Å². The second-order valence-corrected chi connectivity index (χ2v) is 13.6. The molecule has 0 amide bonds. The molecule has 0 heterocycles. The minimum atomic E-state index is 1.27. The van der Waals surface area contributed by atoms with Crippen LogP contribution in [-0.2, 0) is 12.8 Å². The van der Waals surface area contributed by atoms with Crippen molar-refractivity contribution in [2.45, 2.75) is 206 Å². The van der Waals surface area contributed by atoms with Gasteiger partial charge in [-0.25, -0.2) is 0 Å². The zero-order chi connectivity index (χ0) is 29.8. The Morgan fingerprint density at radius 3 is 1.12 bits per heavy atom. The molecule has 0 aliphatic heterocycles. The molecule has 0 aliphatic carbocycles. The Balaban J connectivity index is 1.55. The average molecular weight is 577 g/mol. The van der Waals surface area contributed by atoms with E-state index >= 15 is 0 Å². The molecule has 42 heavy (non-hydrogen) atoms. The topological polar surface area (TPSA) is 0 Å². The van der Waals surface area contributed by atoms with Crippen molar-refractivity contribution in [3.63, 3.8) is 0 Å². The molecule has 0 bridgehead atoms. The van der Waals surface area contributed by atoms with E-state index in [0.29, 0.717) is 0 Å². The van der Waals surface area contributed by atoms with Crippen LogP contribution in [0.25, 0.3) is 10.8 Å². The number of hydrogen-bond donors (Lipinski definition) is 0. The van der Waals surface area contributed by atoms with Gasteiger partial charge in [-0.3, -0.25) is 0 Å². The maximum Gasteiger partial charge on any atom is -0.0149 e. The van der Waals surface area contributed by atoms with Gasteiger partial charge in [-0.1, -0.05) is 217 Å². The van der Waals surface area contributed by atoms with Gasteiger partial charge in [-0.15, -0.1) is 0 Å². The van der Waals surface area contributed by atoms with Crippen molar-refractivity contribution in [3.05, 3.63) is 47.5 Å². The molecule has 0 saturated heterocycles. The SMILES string of the molecule is CCCCCCCCCCCCCCCCc1ccc2ccccc2c1CCCCCCCCCCCCCCCC. The van der Waals surface area contributed by atoms with E-state index in [2.05, 4.69) is 50.2 Å². The summed E-state index contributed by atoms with van der Waals surface area (Å²) in [7, 11) is 0. The fourth-order valence-corrected chi connectivity index (χ4v) is 6.92. The lowest BCUT2D eigenvalue weighted by Gasteiger charge is -2.14. The summed E-state index contributed by atoms with van der Waals surface area (Å²) < 4.78 is 0. The summed E-state index contributed by atoms with van der Waals surface area (Å²) in [4.78, 5) is 0. The van der Waals surface area contributed by atoms with Gasteiger partial charge in [0.05, 0.1) is 0 Å². The maximum absolute atomic E-state index is 2.46. The number of hydrogen-bond acceptors (Lipinski definition) is 0. The molecule has 2 aromatic rings. The summed E-state index contributed by atoms with van der Waals surface area (Å²) >= 11 is 0. The van der Waals surface area contributed by atoms with Crippen LogP contribution < -0.4 is 0 Å². The molecule has 0 unspecified atom stereocenters. The Kier molecular flexibility index (Phi) is 23.9. The normalized spacial score (nSPS) is 11.6. The zero-order valence-corrected chi connectivity index (χ0v) is 28.7. The first kappa shape index (κ1) is 36.9. The Hall–Kier alpha value is -1.30. The number of aryl methyl sites for hydroxylation is 2. The molecule has 0 heteroatoms. The predicted octanol–water partition coefficient (Wildman–Crippen LogP) is 14.9. The van der Waals surface area contributed by atoms with E-state index in [9.17, 15) is 0 Å². The first-order valence-electron chi connectivity index (χ1n) is 19.4. The van der Waals surface area contributed by atoms with Crippen molar-refractivity contribution in [1.29, 1.82) is 0 Å². The second-order valence-electron chi connectivity index (χ2n) is 13.6. The molecule has 240 valence electrons. The average Bonchev–Trinajstić information content (AvgIpc) is 3.01. The molecular formula is C42H72. The maximum atomic E-state index is 2.46. The Morgan fingerprint density at radius 2 is 0.690 bits per heavy atom. The van der Waals surface area contributed by atoms with Crippen LogP contribution in [0.15, 0.2) is 36.4 Å². The minimum absolute atomic E-state index is 1.27. The van der Waals surface area contributed by atoms with Crippen LogP contribution in [0, 0.1) is 0 Å². The fourth-order valence-electron chi connectivity index (χ4n) is 6.92. The van der Waals surface area contributed by atoms with Crippen LogP contribution in [0.4, 0.5) is 0 Å². The van der Waals surface area contributed by atoms with E-state index in [1.807, 2.05) is 0 Å². The van der Waals surface area contributed by atoms with Crippen molar-refractivity contribution in [2.75, 3.05) is 0 Å². The van der Waals surface area contributed by atoms with Crippen LogP contribution in [0.1, 0.15) is 205 Å². The molecule has 0 N–H and O–H groups in total. The third kappa shape index (κ3) is 18.4. The smallest absolute Gasteiger partial charge is 0.0149 e. The van der Waals surface area contributed by atoms with Gasteiger partial charge in [0.2, 0.25) is 0 Å². The first-order chi connectivity index (χ1) is 20.9. The van der Waals surface area contributed by atoms with E-state index < -0.39 is 0 Å². The molecule has 2 aromatic carbocycles. The Morgan fingerprint density at radius 1 is 0.333 bits per heavy atom. The first-order valence-corrected chi connectivity index (χ1v) is 19.4. The predicted molar refractivity (Wildman–Crippen MR) is 192 cm³/mol. The molecule has 0 aromatic heterocycles. The highest BCUT2D eigenvalue weighted by molar-refractivity contribution is 5.86. The van der Waals surface area contributed by atoms with Gasteiger partial charge in [-0.2, -0.15) is 0 Å². The monoisotopic (exact) mass is 577 g/mol. The van der Waals surface area contributed by atoms with E-state index in [1.165, 1.54) is 203 Å². The Labute approximate surface area is 264 Å². The summed E-state index contributed by atoms with van der Waals surface area (Å²) in [5, 5.41) is 2.96. The molecule has 0 atom stereocenters. The van der Waals surface area contributed by atoms with E-state index in [1.54, 1.807) is 11.1 Å². The second kappa shape index (κ2) is 27.3. The molecule has 0 spiro atoms. The third-order valence-electron chi connectivity index (χ3n) is 9.72. The Bertz CT molecular complexity index is 848. The molecule has 2 rings (SSSR count).